The molecule has 7 atom stereocenters. The number of allylic oxidation sites excluding steroid dienone is 1. The lowest BCUT2D eigenvalue weighted by Gasteiger charge is -2.44. The van der Waals surface area contributed by atoms with Crippen molar-refractivity contribution in [3.63, 3.8) is 0 Å². The molecule has 0 aromatic heterocycles. The van der Waals surface area contributed by atoms with Gasteiger partial charge in [0.2, 0.25) is 0 Å². The predicted molar refractivity (Wildman–Crippen MR) is 230 cm³/mol. The number of amides is 1. The molecule has 1 N–H and O–H groups in total. The van der Waals surface area contributed by atoms with Gasteiger partial charge in [0.05, 0.1) is 18.8 Å². The van der Waals surface area contributed by atoms with Crippen LogP contribution in [0.3, 0.4) is 0 Å². The van der Waals surface area contributed by atoms with E-state index < -0.39 is 24.4 Å². The number of unbranched alkanes of at least 4 members (excludes halogenated alkanes) is 1. The van der Waals surface area contributed by atoms with Gasteiger partial charge in [-0.05, 0) is 139 Å². The summed E-state index contributed by atoms with van der Waals surface area (Å²) >= 11 is 0. The fraction of sp³-hybridized carbons (Fsp3) is 0.264. The van der Waals surface area contributed by atoms with Crippen LogP contribution in [-0.4, -0.2) is 37.1 Å². The predicted octanol–water partition coefficient (Wildman–Crippen LogP) is 6.01. The van der Waals surface area contributed by atoms with Gasteiger partial charge in [-0.25, -0.2) is 4.39 Å². The molecule has 1 heterocycles. The summed E-state index contributed by atoms with van der Waals surface area (Å²) in [7, 11) is 0. The maximum absolute atomic E-state index is 15.8. The first-order valence-corrected chi connectivity index (χ1v) is 18.2. The van der Waals surface area contributed by atoms with Crippen LogP contribution in [0.5, 0.6) is 0 Å². The number of ether oxygens (including phenoxy) is 2. The van der Waals surface area contributed by atoms with Crippen LogP contribution in [0.1, 0.15) is 38.2 Å². The molecule has 2 rings (SSSR count). The average molecular weight is 758 g/mol. The maximum atomic E-state index is 15.8. The van der Waals surface area contributed by atoms with Gasteiger partial charge in [-0.3, -0.25) is 4.79 Å². The summed E-state index contributed by atoms with van der Waals surface area (Å²) in [5.74, 6) is 59.1. The average Bonchev–Trinajstić information content (AvgIpc) is 3.24. The summed E-state index contributed by atoms with van der Waals surface area (Å²) in [6.07, 6.45) is 7.79. The van der Waals surface area contributed by atoms with Gasteiger partial charge >= 0.3 is 0 Å². The van der Waals surface area contributed by atoms with Crippen molar-refractivity contribution in [2.75, 3.05) is 6.61 Å². The van der Waals surface area contributed by atoms with Crippen molar-refractivity contribution < 1.29 is 18.7 Å². The minimum atomic E-state index is -1.41. The molecule has 0 bridgehead atoms. The second kappa shape index (κ2) is 30.5. The van der Waals surface area contributed by atoms with Crippen LogP contribution in [0.4, 0.5) is 4.39 Å². The van der Waals surface area contributed by atoms with Crippen molar-refractivity contribution in [2.45, 2.75) is 63.6 Å². The first-order valence-electron chi connectivity index (χ1n) is 18.2. The molecule has 1 amide bonds. The summed E-state index contributed by atoms with van der Waals surface area (Å²) in [5.41, 5.74) is 1.18. The van der Waals surface area contributed by atoms with E-state index in [4.69, 9.17) is 9.47 Å². The number of carbonyl (C=O) groups excluding carboxylic acids is 1. The Bertz CT molecular complexity index is 2420. The van der Waals surface area contributed by atoms with E-state index in [-0.39, 0.29) is 36.9 Å². The van der Waals surface area contributed by atoms with Crippen LogP contribution >= 0.6 is 0 Å². The molecule has 2 unspecified atom stereocenters. The highest BCUT2D eigenvalue weighted by molar-refractivity contribution is 5.94. The number of aryl methyl sites for hydroxylation is 1. The molecule has 1 aromatic rings. The molecule has 1 aliphatic heterocycles. The van der Waals surface area contributed by atoms with Gasteiger partial charge in [-0.2, -0.15) is 0 Å². The number of carbonyl (C=O) groups is 1. The molecule has 0 spiro atoms. The van der Waals surface area contributed by atoms with Crippen molar-refractivity contribution in [1.82, 2.24) is 5.32 Å². The molecule has 0 radical (unpaired) electrons. The molecule has 5 heteroatoms. The van der Waals surface area contributed by atoms with Crippen molar-refractivity contribution in [3.05, 3.63) is 86.5 Å². The fourth-order valence-corrected chi connectivity index (χ4v) is 5.39. The third kappa shape index (κ3) is 19.5. The van der Waals surface area contributed by atoms with Gasteiger partial charge in [0.25, 0.3) is 5.91 Å². The van der Waals surface area contributed by atoms with E-state index in [0.29, 0.717) is 12.8 Å². The minimum Gasteiger partial charge on any atom is -0.350 e. The van der Waals surface area contributed by atoms with Crippen molar-refractivity contribution >= 4 is 5.91 Å². The monoisotopic (exact) mass is 757 g/mol. The van der Waals surface area contributed by atoms with E-state index in [2.05, 4.69) is 174 Å². The highest BCUT2D eigenvalue weighted by Gasteiger charge is 2.42. The van der Waals surface area contributed by atoms with Crippen molar-refractivity contribution in [1.29, 1.82) is 0 Å². The largest absolute Gasteiger partial charge is 0.350 e. The summed E-state index contributed by atoms with van der Waals surface area (Å²) in [6.45, 7) is 17.4. The van der Waals surface area contributed by atoms with Crippen LogP contribution in [0.15, 0.2) is 81.0 Å². The summed E-state index contributed by atoms with van der Waals surface area (Å²) in [5, 5.41) is 2.66. The van der Waals surface area contributed by atoms with Crippen LogP contribution in [0, 0.1) is 160 Å². The van der Waals surface area contributed by atoms with Crippen LogP contribution in [-0.2, 0) is 20.7 Å². The quantitative estimate of drug-likeness (QED) is 0.136. The van der Waals surface area contributed by atoms with Gasteiger partial charge in [0.15, 0.2) is 6.29 Å². The SMILES string of the molecule is C=CCC1O[C@@H](OC[C@H](NC(=O)C#CC#CC#CC#CC#CC#CC#CC#CC#CC#CC#CC#CC)[C@H](F)CCCCc2ccccc2)C(C=C)[C@@H](C=C)[C@H]1C=C. The van der Waals surface area contributed by atoms with Gasteiger partial charge in [-0.1, -0.05) is 67.0 Å². The van der Waals surface area contributed by atoms with Gasteiger partial charge < -0.3 is 14.8 Å². The second-order valence-electron chi connectivity index (χ2n) is 11.8. The number of benzene rings is 1. The standard InChI is InChI=1S/C53H40FNO3/c1-6-11-12-13-14-15-16-17-18-19-20-21-22-23-24-25-26-27-28-29-30-31-35-43-52(56)55-50(49(54)42-37-36-41-45-39-33-32-34-40-45)44-57-53-48(10-5)46(8-3)47(9-4)51(58-53)38-7-2/h7-10,32-34,39-40,46-51,53H,2-5,36-38,41-42,44H2,1H3,(H,55,56)/t46-,47+,48?,49+,50-,51?,53+/m0/s1. The van der Waals surface area contributed by atoms with Crippen LogP contribution < -0.4 is 5.32 Å². The smallest absolute Gasteiger partial charge is 0.297 e. The summed E-state index contributed by atoms with van der Waals surface area (Å²) < 4.78 is 28.3. The zero-order valence-electron chi connectivity index (χ0n) is 32.4. The van der Waals surface area contributed by atoms with Crippen LogP contribution in [0.2, 0.25) is 0 Å². The van der Waals surface area contributed by atoms with Gasteiger partial charge in [0.1, 0.15) is 6.17 Å². The third-order valence-corrected chi connectivity index (χ3v) is 8.00. The molecular formula is C53H40FNO3. The minimum absolute atomic E-state index is 0.0373. The molecule has 282 valence electrons. The second-order valence-corrected chi connectivity index (χ2v) is 11.8. The molecule has 1 aromatic carbocycles. The molecule has 1 fully saturated rings. The van der Waals surface area contributed by atoms with E-state index >= 15 is 4.39 Å². The zero-order valence-corrected chi connectivity index (χ0v) is 32.4. The van der Waals surface area contributed by atoms with Crippen LogP contribution in [0.25, 0.3) is 0 Å². The number of alkyl halides is 1. The fourth-order valence-electron chi connectivity index (χ4n) is 5.39. The first-order chi connectivity index (χ1) is 28.5. The molecule has 0 aliphatic carbocycles. The van der Waals surface area contributed by atoms with Gasteiger partial charge in [0, 0.05) is 53.3 Å². The van der Waals surface area contributed by atoms with E-state index in [1.54, 1.807) is 19.1 Å². The Morgan fingerprint density at radius 3 is 1.66 bits per heavy atom. The van der Waals surface area contributed by atoms with E-state index in [0.717, 1.165) is 12.8 Å². The van der Waals surface area contributed by atoms with E-state index in [1.807, 2.05) is 42.5 Å². The lowest BCUT2D eigenvalue weighted by atomic mass is 9.75. The lowest BCUT2D eigenvalue weighted by Crippen LogP contribution is -2.50. The number of rotatable bonds is 15. The number of nitrogens with one attached hydrogen (secondary N) is 1. The zero-order chi connectivity index (χ0) is 41.9. The molecular weight excluding hydrogens is 718 g/mol. The Kier molecular flexibility index (Phi) is 24.4. The molecule has 1 aliphatic rings. The van der Waals surface area contributed by atoms with E-state index in [9.17, 15) is 4.79 Å². The molecule has 0 saturated carbocycles. The van der Waals surface area contributed by atoms with Gasteiger partial charge in [-0.15, -0.1) is 26.3 Å². The Balaban J connectivity index is 2.01. The Morgan fingerprint density at radius 2 is 1.19 bits per heavy atom. The number of hydrogen-bond acceptors (Lipinski definition) is 3. The summed E-state index contributed by atoms with van der Waals surface area (Å²) in [4.78, 5) is 12.8. The third-order valence-electron chi connectivity index (χ3n) is 8.00. The normalized spacial score (nSPS) is 17.0. The molecule has 4 nitrogen and oxygen atoms in total. The van der Waals surface area contributed by atoms with E-state index in [1.165, 1.54) is 5.56 Å². The number of hydrogen-bond donors (Lipinski definition) is 1. The highest BCUT2D eigenvalue weighted by Crippen LogP contribution is 2.39. The number of halogens is 1. The van der Waals surface area contributed by atoms with Crippen molar-refractivity contribution in [2.24, 2.45) is 17.8 Å². The lowest BCUT2D eigenvalue weighted by molar-refractivity contribution is -0.236. The maximum Gasteiger partial charge on any atom is 0.297 e. The highest BCUT2D eigenvalue weighted by atomic mass is 19.1. The topological polar surface area (TPSA) is 47.6 Å². The Labute approximate surface area is 345 Å². The Morgan fingerprint density at radius 1 is 0.707 bits per heavy atom. The first kappa shape index (κ1) is 46.4. The van der Waals surface area contributed by atoms with Crippen molar-refractivity contribution in [3.8, 4) is 142 Å². The summed E-state index contributed by atoms with van der Waals surface area (Å²) in [6, 6.07) is 9.01. The molecule has 58 heavy (non-hydrogen) atoms. The Hall–Kier alpha value is -7.78. The molecule has 1 saturated heterocycles.